The average molecular weight is 643 g/mol. The zero-order chi connectivity index (χ0) is 33.1. The second-order valence-corrected chi connectivity index (χ2v) is 11.3. The molecule has 2 aliphatic rings. The van der Waals surface area contributed by atoms with Crippen LogP contribution in [0.15, 0.2) is 92.4 Å². The van der Waals surface area contributed by atoms with E-state index < -0.39 is 23.5 Å². The summed E-state index contributed by atoms with van der Waals surface area (Å²) in [7, 11) is 4.64. The van der Waals surface area contributed by atoms with E-state index >= 15 is 0 Å². The van der Waals surface area contributed by atoms with Gasteiger partial charge in [0.05, 0.1) is 41.9 Å². The number of ether oxygens (including phenoxy) is 2. The highest BCUT2D eigenvalue weighted by molar-refractivity contribution is 7.07. The molecule has 0 N–H and O–H groups in total. The van der Waals surface area contributed by atoms with Gasteiger partial charge < -0.3 is 23.7 Å². The van der Waals surface area contributed by atoms with Crippen molar-refractivity contribution in [3.63, 3.8) is 0 Å². The molecule has 2 aromatic carbocycles. The standard InChI is InChI=1S/C30H23N3O7S.C3H7NO/c1-4-32-20-9-6-5-8-19(20)23(26(32)34)25-27(35)33-24(22(29(37)38-3)16(2)31-30(33)41-25)17-11-13-18(14-12-17)40-28(36)21-10-7-15-39-21;1-4(2)3-5/h5-15,24H,4H2,1-3H3;3H,1-2H3/b25-23-;. The lowest BCUT2D eigenvalue weighted by atomic mass is 9.96. The maximum absolute atomic E-state index is 14.1. The van der Waals surface area contributed by atoms with Crippen molar-refractivity contribution in [2.45, 2.75) is 19.9 Å². The average Bonchev–Trinajstić information content (AvgIpc) is 3.77. The lowest BCUT2D eigenvalue weighted by Crippen LogP contribution is -2.40. The Morgan fingerprint density at radius 2 is 1.74 bits per heavy atom. The molecule has 13 heteroatoms. The van der Waals surface area contributed by atoms with Gasteiger partial charge in [-0.15, -0.1) is 0 Å². The number of fused-ring (bicyclic) bond motifs is 2. The summed E-state index contributed by atoms with van der Waals surface area (Å²) in [6.07, 6.45) is 2.12. The molecule has 46 heavy (non-hydrogen) atoms. The monoisotopic (exact) mass is 642 g/mol. The number of allylic oxidation sites excluding steroid dienone is 1. The number of aromatic nitrogens is 1. The van der Waals surface area contributed by atoms with Crippen LogP contribution in [0, 0.1) is 0 Å². The first-order chi connectivity index (χ1) is 22.1. The minimum atomic E-state index is -0.892. The Balaban J connectivity index is 0.000000775. The number of furan rings is 1. The molecule has 2 aromatic heterocycles. The lowest BCUT2D eigenvalue weighted by molar-refractivity contribution is -0.136. The quantitative estimate of drug-likeness (QED) is 0.178. The number of hydrogen-bond donors (Lipinski definition) is 0. The Labute approximate surface area is 267 Å². The van der Waals surface area contributed by atoms with Gasteiger partial charge in [0.25, 0.3) is 11.5 Å². The van der Waals surface area contributed by atoms with Crippen LogP contribution in [-0.4, -0.2) is 61.5 Å². The number of amides is 2. The van der Waals surface area contributed by atoms with E-state index in [0.717, 1.165) is 23.4 Å². The highest BCUT2D eigenvalue weighted by Gasteiger charge is 2.36. The van der Waals surface area contributed by atoms with E-state index in [1.807, 2.05) is 31.2 Å². The topological polar surface area (TPSA) is 141 Å². The zero-order valence-corrected chi connectivity index (χ0v) is 26.5. The predicted molar refractivity (Wildman–Crippen MR) is 169 cm³/mol. The third-order valence-electron chi connectivity index (χ3n) is 7.21. The summed E-state index contributed by atoms with van der Waals surface area (Å²) in [5, 5.41) is 0. The van der Waals surface area contributed by atoms with Crippen LogP contribution in [0.5, 0.6) is 5.75 Å². The SMILES string of the molecule is CCN1C(=O)/C(=c2\sc3n(c2=O)C(c2ccc(OC(=O)c4ccco4)cc2)C(C(=O)OC)=C(C)N=3)c2ccccc21.CN(C)C=O. The molecule has 0 saturated carbocycles. The fraction of sp³-hybridized carbons (Fsp3) is 0.212. The summed E-state index contributed by atoms with van der Waals surface area (Å²) in [5.41, 5.74) is 2.41. The summed E-state index contributed by atoms with van der Waals surface area (Å²) in [4.78, 5) is 70.3. The molecule has 0 fully saturated rings. The normalized spacial score (nSPS) is 16.1. The first kappa shape index (κ1) is 31.9. The number of nitrogens with zero attached hydrogens (tertiary/aromatic N) is 4. The number of thiazole rings is 1. The summed E-state index contributed by atoms with van der Waals surface area (Å²) in [6, 6.07) is 16.0. The van der Waals surface area contributed by atoms with Gasteiger partial charge in [0.2, 0.25) is 12.2 Å². The van der Waals surface area contributed by atoms with Crippen LogP contribution >= 0.6 is 11.3 Å². The number of rotatable bonds is 6. The molecule has 0 spiro atoms. The first-order valence-corrected chi connectivity index (χ1v) is 14.9. The fourth-order valence-electron chi connectivity index (χ4n) is 5.14. The highest BCUT2D eigenvalue weighted by Crippen LogP contribution is 2.35. The Bertz CT molecular complexity index is 2040. The van der Waals surface area contributed by atoms with Gasteiger partial charge in [-0.3, -0.25) is 19.0 Å². The first-order valence-electron chi connectivity index (χ1n) is 14.1. The molecule has 1 unspecified atom stereocenters. The zero-order valence-electron chi connectivity index (χ0n) is 25.7. The van der Waals surface area contributed by atoms with Crippen molar-refractivity contribution in [2.75, 3.05) is 32.6 Å². The van der Waals surface area contributed by atoms with Crippen molar-refractivity contribution in [1.82, 2.24) is 9.47 Å². The van der Waals surface area contributed by atoms with Crippen LogP contribution in [0.3, 0.4) is 0 Å². The number of anilines is 1. The summed E-state index contributed by atoms with van der Waals surface area (Å²) >= 11 is 1.11. The molecule has 0 bridgehead atoms. The number of benzene rings is 2. The third-order valence-corrected chi connectivity index (χ3v) is 8.26. The molecule has 4 heterocycles. The fourth-order valence-corrected chi connectivity index (χ4v) is 6.28. The van der Waals surface area contributed by atoms with E-state index in [4.69, 9.17) is 13.9 Å². The number of carbonyl (C=O) groups is 4. The van der Waals surface area contributed by atoms with Gasteiger partial charge in [0.1, 0.15) is 10.3 Å². The van der Waals surface area contributed by atoms with Crippen LogP contribution in [0.25, 0.3) is 5.57 Å². The van der Waals surface area contributed by atoms with Gasteiger partial charge >= 0.3 is 11.9 Å². The summed E-state index contributed by atoms with van der Waals surface area (Å²) < 4.78 is 17.2. The molecular formula is C33H30N4O8S. The van der Waals surface area contributed by atoms with Crippen molar-refractivity contribution in [2.24, 2.45) is 4.99 Å². The number of methoxy groups -OCH3 is 1. The highest BCUT2D eigenvalue weighted by atomic mass is 32.1. The lowest BCUT2D eigenvalue weighted by Gasteiger charge is -2.24. The predicted octanol–water partition coefficient (Wildman–Crippen LogP) is 2.66. The molecule has 1 atom stereocenters. The van der Waals surface area contributed by atoms with Crippen LogP contribution in [-0.2, 0) is 19.1 Å². The van der Waals surface area contributed by atoms with Crippen LogP contribution < -0.4 is 24.5 Å². The van der Waals surface area contributed by atoms with Crippen molar-refractivity contribution >= 4 is 46.9 Å². The minimum Gasteiger partial charge on any atom is -0.466 e. The van der Waals surface area contributed by atoms with Crippen molar-refractivity contribution in [3.05, 3.63) is 115 Å². The molecule has 2 amide bonds. The van der Waals surface area contributed by atoms with Crippen LogP contribution in [0.1, 0.15) is 41.6 Å². The molecule has 0 radical (unpaired) electrons. The molecule has 0 aliphatic carbocycles. The van der Waals surface area contributed by atoms with E-state index in [-0.39, 0.29) is 27.5 Å². The van der Waals surface area contributed by atoms with Gasteiger partial charge in [0.15, 0.2) is 4.80 Å². The molecular weight excluding hydrogens is 612 g/mol. The Kier molecular flexibility index (Phi) is 9.14. The number of carbonyl (C=O) groups excluding carboxylic acids is 4. The maximum Gasteiger partial charge on any atom is 0.379 e. The van der Waals surface area contributed by atoms with Crippen molar-refractivity contribution < 1.29 is 33.1 Å². The number of esters is 2. The largest absolute Gasteiger partial charge is 0.466 e. The van der Waals surface area contributed by atoms with E-state index in [1.165, 1.54) is 28.9 Å². The van der Waals surface area contributed by atoms with Gasteiger partial charge in [-0.25, -0.2) is 14.6 Å². The number of hydrogen-bond acceptors (Lipinski definition) is 10. The van der Waals surface area contributed by atoms with Gasteiger partial charge in [-0.1, -0.05) is 41.7 Å². The maximum atomic E-state index is 14.1. The van der Waals surface area contributed by atoms with Gasteiger partial charge in [-0.05, 0) is 49.7 Å². The van der Waals surface area contributed by atoms with Crippen LogP contribution in [0.4, 0.5) is 5.69 Å². The van der Waals surface area contributed by atoms with E-state index in [0.29, 0.717) is 33.7 Å². The van der Waals surface area contributed by atoms with Crippen molar-refractivity contribution in [3.8, 4) is 5.75 Å². The second kappa shape index (κ2) is 13.2. The molecule has 4 aromatic rings. The second-order valence-electron chi connectivity index (χ2n) is 10.3. The summed E-state index contributed by atoms with van der Waals surface area (Å²) in [6.45, 7) is 4.00. The Hall–Kier alpha value is -5.56. The van der Waals surface area contributed by atoms with E-state index in [1.54, 1.807) is 56.3 Å². The minimum absolute atomic E-state index is 0.0543. The molecule has 236 valence electrons. The van der Waals surface area contributed by atoms with Crippen LogP contribution in [0.2, 0.25) is 0 Å². The third kappa shape index (κ3) is 5.79. The van der Waals surface area contributed by atoms with E-state index in [2.05, 4.69) is 4.99 Å². The van der Waals surface area contributed by atoms with E-state index in [9.17, 15) is 24.0 Å². The smallest absolute Gasteiger partial charge is 0.379 e. The molecule has 0 saturated heterocycles. The van der Waals surface area contributed by atoms with Gasteiger partial charge in [0, 0.05) is 26.2 Å². The van der Waals surface area contributed by atoms with Gasteiger partial charge in [-0.2, -0.15) is 0 Å². The Morgan fingerprint density at radius 3 is 2.35 bits per heavy atom. The molecule has 2 aliphatic heterocycles. The molecule has 12 nitrogen and oxygen atoms in total. The number of para-hydroxylation sites is 1. The molecule has 6 rings (SSSR count). The Morgan fingerprint density at radius 1 is 1.04 bits per heavy atom. The van der Waals surface area contributed by atoms with Crippen molar-refractivity contribution in [1.29, 1.82) is 0 Å². The number of likely N-dealkylation sites (N-methyl/N-ethyl adjacent to an activating group) is 1. The summed E-state index contributed by atoms with van der Waals surface area (Å²) in [5.74, 6) is -1.26.